The first kappa shape index (κ1) is 23.5. The standard InChI is InChI=1S/C27H32BN3O4/c1-16-13-20(18(3)30-22-8-6-7-19-15-29-35-28(33)23(19)22)25-21(14-16)24(32)17(2)26(34-25)31-11-9-27(4,5)10-12-31/h6-8,13-15,18,30,33H,9-12H2,1-5H3. The second-order valence-electron chi connectivity index (χ2n) is 10.6. The monoisotopic (exact) mass is 473 g/mol. The van der Waals surface area contributed by atoms with Crippen molar-refractivity contribution in [3.8, 4) is 0 Å². The summed E-state index contributed by atoms with van der Waals surface area (Å²) in [5.41, 5.74) is 5.65. The van der Waals surface area contributed by atoms with E-state index >= 15 is 0 Å². The quantitative estimate of drug-likeness (QED) is 0.551. The summed E-state index contributed by atoms with van der Waals surface area (Å²) in [6, 6.07) is 9.47. The summed E-state index contributed by atoms with van der Waals surface area (Å²) < 4.78 is 11.6. The highest BCUT2D eigenvalue weighted by Gasteiger charge is 2.30. The zero-order valence-electron chi connectivity index (χ0n) is 21.0. The van der Waals surface area contributed by atoms with Gasteiger partial charge < -0.3 is 24.4 Å². The van der Waals surface area contributed by atoms with E-state index in [2.05, 4.69) is 35.3 Å². The molecule has 3 aromatic rings. The Morgan fingerprint density at radius 2 is 1.94 bits per heavy atom. The van der Waals surface area contributed by atoms with Crippen molar-refractivity contribution < 1.29 is 14.2 Å². The molecule has 8 heteroatoms. The highest BCUT2D eigenvalue weighted by atomic mass is 16.6. The largest absolute Gasteiger partial charge is 0.585 e. The summed E-state index contributed by atoms with van der Waals surface area (Å²) in [4.78, 5) is 15.7. The number of anilines is 2. The summed E-state index contributed by atoms with van der Waals surface area (Å²) in [7, 11) is -1.14. The lowest BCUT2D eigenvalue weighted by molar-refractivity contribution is 0.274. The van der Waals surface area contributed by atoms with Crippen LogP contribution < -0.4 is 21.1 Å². The van der Waals surface area contributed by atoms with Gasteiger partial charge in [-0.25, -0.2) is 0 Å². The van der Waals surface area contributed by atoms with E-state index in [1.807, 2.05) is 45.0 Å². The predicted molar refractivity (Wildman–Crippen MR) is 142 cm³/mol. The molecule has 1 aromatic heterocycles. The van der Waals surface area contributed by atoms with E-state index in [0.29, 0.717) is 33.3 Å². The van der Waals surface area contributed by atoms with E-state index in [9.17, 15) is 9.82 Å². The average molecular weight is 473 g/mol. The molecule has 1 unspecified atom stereocenters. The zero-order valence-corrected chi connectivity index (χ0v) is 21.0. The maximum Gasteiger partial charge on any atom is 0.585 e. The van der Waals surface area contributed by atoms with Crippen LogP contribution in [0, 0.1) is 19.3 Å². The molecular weight excluding hydrogens is 441 g/mol. The van der Waals surface area contributed by atoms with E-state index in [-0.39, 0.29) is 11.5 Å². The number of nitrogens with zero attached hydrogens (tertiary/aromatic N) is 2. The molecule has 5 rings (SSSR count). The molecule has 35 heavy (non-hydrogen) atoms. The minimum absolute atomic E-state index is 0.0142. The van der Waals surface area contributed by atoms with Gasteiger partial charge in [-0.1, -0.05) is 32.0 Å². The first-order valence-electron chi connectivity index (χ1n) is 12.2. The lowest BCUT2D eigenvalue weighted by Gasteiger charge is -2.37. The Bertz CT molecular complexity index is 1370. The summed E-state index contributed by atoms with van der Waals surface area (Å²) >= 11 is 0. The fourth-order valence-electron chi connectivity index (χ4n) is 5.10. The number of fused-ring (bicyclic) bond motifs is 2. The van der Waals surface area contributed by atoms with Gasteiger partial charge in [0, 0.05) is 29.8 Å². The Morgan fingerprint density at radius 3 is 2.69 bits per heavy atom. The second-order valence-corrected chi connectivity index (χ2v) is 10.6. The number of hydrogen-bond donors (Lipinski definition) is 2. The van der Waals surface area contributed by atoms with Gasteiger partial charge in [-0.3, -0.25) is 4.79 Å². The van der Waals surface area contributed by atoms with Crippen molar-refractivity contribution in [3.63, 3.8) is 0 Å². The van der Waals surface area contributed by atoms with Gasteiger partial charge in [0.2, 0.25) is 5.88 Å². The van der Waals surface area contributed by atoms with Crippen LogP contribution in [0.25, 0.3) is 11.0 Å². The van der Waals surface area contributed by atoms with Gasteiger partial charge in [-0.15, -0.1) is 5.16 Å². The molecule has 1 saturated heterocycles. The van der Waals surface area contributed by atoms with Crippen LogP contribution in [0.4, 0.5) is 11.6 Å². The van der Waals surface area contributed by atoms with Gasteiger partial charge in [-0.2, -0.15) is 0 Å². The average Bonchev–Trinajstić information content (AvgIpc) is 2.82. The molecule has 2 N–H and O–H groups in total. The van der Waals surface area contributed by atoms with Crippen LogP contribution in [0.1, 0.15) is 61.9 Å². The van der Waals surface area contributed by atoms with Gasteiger partial charge >= 0.3 is 7.12 Å². The fourth-order valence-corrected chi connectivity index (χ4v) is 5.10. The van der Waals surface area contributed by atoms with Crippen LogP contribution in [0.3, 0.4) is 0 Å². The first-order chi connectivity index (χ1) is 16.6. The second kappa shape index (κ2) is 8.75. The molecule has 0 aliphatic carbocycles. The molecule has 2 aliphatic heterocycles. The summed E-state index contributed by atoms with van der Waals surface area (Å²) in [6.07, 6.45) is 3.70. The third-order valence-electron chi connectivity index (χ3n) is 7.35. The highest BCUT2D eigenvalue weighted by Crippen LogP contribution is 2.36. The van der Waals surface area contributed by atoms with E-state index in [1.54, 1.807) is 6.21 Å². The van der Waals surface area contributed by atoms with Gasteiger partial charge in [0.15, 0.2) is 5.43 Å². The van der Waals surface area contributed by atoms with Crippen LogP contribution in [-0.2, 0) is 4.76 Å². The molecule has 3 heterocycles. The Morgan fingerprint density at radius 1 is 1.20 bits per heavy atom. The van der Waals surface area contributed by atoms with Crippen LogP contribution in [0.5, 0.6) is 0 Å². The molecule has 1 atom stereocenters. The molecule has 0 saturated carbocycles. The Kier molecular flexibility index (Phi) is 5.87. The van der Waals surface area contributed by atoms with Gasteiger partial charge in [0.25, 0.3) is 0 Å². The first-order valence-corrected chi connectivity index (χ1v) is 12.2. The number of nitrogens with one attached hydrogen (secondary N) is 1. The molecule has 2 aromatic carbocycles. The van der Waals surface area contributed by atoms with Crippen molar-refractivity contribution >= 4 is 41.3 Å². The zero-order chi connectivity index (χ0) is 24.9. The molecule has 0 bridgehead atoms. The minimum atomic E-state index is -1.14. The van der Waals surface area contributed by atoms with Crippen LogP contribution in [-0.4, -0.2) is 31.4 Å². The lowest BCUT2D eigenvalue weighted by atomic mass is 9.75. The lowest BCUT2D eigenvalue weighted by Crippen LogP contribution is -2.39. The molecule has 0 amide bonds. The van der Waals surface area contributed by atoms with Crippen molar-refractivity contribution in [1.29, 1.82) is 0 Å². The Hall–Kier alpha value is -3.26. The highest BCUT2D eigenvalue weighted by molar-refractivity contribution is 6.64. The molecule has 182 valence electrons. The fraction of sp³-hybridized carbons (Fsp3) is 0.407. The van der Waals surface area contributed by atoms with Gasteiger partial charge in [0.05, 0.1) is 23.2 Å². The number of piperidine rings is 1. The molecule has 1 fully saturated rings. The van der Waals surface area contributed by atoms with Gasteiger partial charge in [0.1, 0.15) is 5.58 Å². The van der Waals surface area contributed by atoms with E-state index in [4.69, 9.17) is 9.17 Å². The van der Waals surface area contributed by atoms with Crippen molar-refractivity contribution in [2.75, 3.05) is 23.3 Å². The van der Waals surface area contributed by atoms with E-state index in [1.165, 1.54) is 0 Å². The smallest absolute Gasteiger partial charge is 0.440 e. The number of aryl methyl sites for hydroxylation is 1. The molecule has 0 spiro atoms. The summed E-state index contributed by atoms with van der Waals surface area (Å²) in [6.45, 7) is 12.2. The maximum absolute atomic E-state index is 13.5. The minimum Gasteiger partial charge on any atom is -0.440 e. The van der Waals surface area contributed by atoms with Crippen LogP contribution in [0.15, 0.2) is 44.7 Å². The summed E-state index contributed by atoms with van der Waals surface area (Å²) in [5, 5.41) is 18.2. The number of benzene rings is 2. The maximum atomic E-state index is 13.5. The number of oxime groups is 1. The summed E-state index contributed by atoms with van der Waals surface area (Å²) in [5.74, 6) is 0.674. The SMILES string of the molecule is Cc1cc(C(C)Nc2cccc3c2B(O)ON=C3)c2oc(N3CCC(C)(C)CC3)c(C)c(=O)c2c1. The molecule has 7 nitrogen and oxygen atoms in total. The van der Waals surface area contributed by atoms with Crippen molar-refractivity contribution in [1.82, 2.24) is 0 Å². The number of hydrogen-bond acceptors (Lipinski definition) is 7. The Balaban J connectivity index is 1.57. The Labute approximate surface area is 205 Å². The predicted octanol–water partition coefficient (Wildman–Crippen LogP) is 4.26. The van der Waals surface area contributed by atoms with Crippen molar-refractivity contribution in [2.45, 2.75) is 53.5 Å². The normalized spacial score (nSPS) is 17.8. The third-order valence-corrected chi connectivity index (χ3v) is 7.35. The van der Waals surface area contributed by atoms with Crippen LogP contribution in [0.2, 0.25) is 0 Å². The molecule has 2 aliphatic rings. The van der Waals surface area contributed by atoms with E-state index < -0.39 is 7.12 Å². The van der Waals surface area contributed by atoms with Gasteiger partial charge in [-0.05, 0) is 62.3 Å². The third kappa shape index (κ3) is 4.31. The van der Waals surface area contributed by atoms with E-state index in [0.717, 1.165) is 48.3 Å². The van der Waals surface area contributed by atoms with Crippen LogP contribution >= 0.6 is 0 Å². The van der Waals surface area contributed by atoms with Crippen molar-refractivity contribution in [2.24, 2.45) is 10.6 Å². The number of rotatable bonds is 4. The molecule has 0 radical (unpaired) electrons. The van der Waals surface area contributed by atoms with Crippen molar-refractivity contribution in [3.05, 3.63) is 62.8 Å². The molecular formula is C27H32BN3O4. The topological polar surface area (TPSA) is 87.3 Å².